The number of hydrogen-bond acceptors (Lipinski definition) is 3. The van der Waals surface area contributed by atoms with E-state index in [0.29, 0.717) is 5.69 Å². The maximum atomic E-state index is 12.4. The van der Waals surface area contributed by atoms with Gasteiger partial charge in [-0.3, -0.25) is 4.79 Å². The highest BCUT2D eigenvalue weighted by atomic mass is 79.9. The largest absolute Gasteiger partial charge is 0.356 e. The minimum absolute atomic E-state index is 0.0407. The molecule has 0 unspecified atom stereocenters. The number of benzene rings is 1. The van der Waals surface area contributed by atoms with Gasteiger partial charge in [0.25, 0.3) is 5.91 Å². The Bertz CT molecular complexity index is 924. The van der Waals surface area contributed by atoms with E-state index in [0.717, 1.165) is 52.8 Å². The first-order chi connectivity index (χ1) is 12.6. The third-order valence-electron chi connectivity index (χ3n) is 4.93. The van der Waals surface area contributed by atoms with Crippen LogP contribution < -0.4 is 10.2 Å². The summed E-state index contributed by atoms with van der Waals surface area (Å²) in [5.41, 5.74) is 2.59. The molecule has 1 aliphatic rings. The summed E-state index contributed by atoms with van der Waals surface area (Å²) in [7, 11) is 0. The molecule has 6 heteroatoms. The lowest BCUT2D eigenvalue weighted by Crippen LogP contribution is -2.45. The van der Waals surface area contributed by atoms with Gasteiger partial charge in [0.1, 0.15) is 11.5 Å². The predicted octanol–water partition coefficient (Wildman–Crippen LogP) is 4.03. The summed E-state index contributed by atoms with van der Waals surface area (Å²) in [4.78, 5) is 22.6. The van der Waals surface area contributed by atoms with Gasteiger partial charge in [0.2, 0.25) is 0 Å². The van der Waals surface area contributed by atoms with Gasteiger partial charge in [-0.1, -0.05) is 18.2 Å². The second-order valence-corrected chi connectivity index (χ2v) is 7.61. The summed E-state index contributed by atoms with van der Waals surface area (Å²) < 4.78 is 0.930. The van der Waals surface area contributed by atoms with Crippen LogP contribution in [0.3, 0.4) is 0 Å². The molecular weight excluding hydrogens is 392 g/mol. The number of rotatable bonds is 3. The van der Waals surface area contributed by atoms with Gasteiger partial charge in [0, 0.05) is 34.7 Å². The van der Waals surface area contributed by atoms with Gasteiger partial charge in [-0.05, 0) is 60.0 Å². The first-order valence-electron chi connectivity index (χ1n) is 8.87. The van der Waals surface area contributed by atoms with Crippen LogP contribution >= 0.6 is 15.9 Å². The molecule has 0 atom stereocenters. The Morgan fingerprint density at radius 2 is 2.00 bits per heavy atom. The molecule has 0 radical (unpaired) electrons. The quantitative estimate of drug-likeness (QED) is 0.682. The van der Waals surface area contributed by atoms with E-state index in [4.69, 9.17) is 4.98 Å². The highest BCUT2D eigenvalue weighted by Gasteiger charge is 2.22. The minimum Gasteiger partial charge on any atom is -0.356 e. The van der Waals surface area contributed by atoms with Gasteiger partial charge in [-0.15, -0.1) is 0 Å². The normalized spacial score (nSPS) is 15.4. The van der Waals surface area contributed by atoms with Crippen molar-refractivity contribution in [3.05, 3.63) is 58.3 Å². The zero-order valence-corrected chi connectivity index (χ0v) is 16.2. The van der Waals surface area contributed by atoms with Crippen LogP contribution in [0, 0.1) is 6.92 Å². The number of halogens is 1. The first-order valence-corrected chi connectivity index (χ1v) is 9.66. The van der Waals surface area contributed by atoms with Crippen LogP contribution in [0.25, 0.3) is 10.9 Å². The Morgan fingerprint density at radius 3 is 2.73 bits per heavy atom. The Kier molecular flexibility index (Phi) is 4.68. The van der Waals surface area contributed by atoms with Gasteiger partial charge >= 0.3 is 0 Å². The number of aromatic nitrogens is 2. The van der Waals surface area contributed by atoms with Gasteiger partial charge < -0.3 is 15.2 Å². The topological polar surface area (TPSA) is 61.0 Å². The first kappa shape index (κ1) is 17.1. The second kappa shape index (κ2) is 7.11. The number of aryl methyl sites for hydroxylation is 1. The molecule has 1 fully saturated rings. The Morgan fingerprint density at radius 1 is 1.23 bits per heavy atom. The number of aromatic amines is 1. The third-order valence-corrected chi connectivity index (χ3v) is 5.76. The van der Waals surface area contributed by atoms with Gasteiger partial charge in [-0.2, -0.15) is 0 Å². The SMILES string of the molecule is Cc1[nH]c(C(=O)NC2CCN(c3ccc4ccccc4n3)CC2)cc1Br. The van der Waals surface area contributed by atoms with Crippen molar-refractivity contribution in [3.8, 4) is 0 Å². The number of carbonyl (C=O) groups is 1. The van der Waals surface area contributed by atoms with Crippen molar-refractivity contribution in [1.29, 1.82) is 0 Å². The maximum absolute atomic E-state index is 12.4. The Labute approximate surface area is 160 Å². The number of pyridine rings is 1. The monoisotopic (exact) mass is 412 g/mol. The summed E-state index contributed by atoms with van der Waals surface area (Å²) in [6.07, 6.45) is 1.84. The Hall–Kier alpha value is -2.34. The number of fused-ring (bicyclic) bond motifs is 1. The van der Waals surface area contributed by atoms with Crippen molar-refractivity contribution in [2.24, 2.45) is 0 Å². The number of nitrogens with one attached hydrogen (secondary N) is 2. The van der Waals surface area contributed by atoms with Gasteiger partial charge in [0.05, 0.1) is 5.52 Å². The Balaban J connectivity index is 1.38. The van der Waals surface area contributed by atoms with Crippen LogP contribution in [0.15, 0.2) is 46.9 Å². The molecule has 2 aromatic heterocycles. The number of hydrogen-bond donors (Lipinski definition) is 2. The van der Waals surface area contributed by atoms with E-state index >= 15 is 0 Å². The molecule has 4 rings (SSSR count). The summed E-state index contributed by atoms with van der Waals surface area (Å²) in [5.74, 6) is 0.971. The molecule has 5 nitrogen and oxygen atoms in total. The molecular formula is C20H21BrN4O. The predicted molar refractivity (Wildman–Crippen MR) is 108 cm³/mol. The second-order valence-electron chi connectivity index (χ2n) is 6.75. The van der Waals surface area contributed by atoms with Crippen molar-refractivity contribution in [2.75, 3.05) is 18.0 Å². The van der Waals surface area contributed by atoms with Crippen molar-refractivity contribution >= 4 is 38.6 Å². The summed E-state index contributed by atoms with van der Waals surface area (Å²) >= 11 is 3.44. The van der Waals surface area contributed by atoms with Crippen molar-refractivity contribution in [1.82, 2.24) is 15.3 Å². The summed E-state index contributed by atoms with van der Waals surface area (Å²) in [6, 6.07) is 14.4. The van der Waals surface area contributed by atoms with E-state index in [1.54, 1.807) is 0 Å². The molecule has 134 valence electrons. The van der Waals surface area contributed by atoms with Crippen molar-refractivity contribution in [3.63, 3.8) is 0 Å². The molecule has 26 heavy (non-hydrogen) atoms. The molecule has 3 aromatic rings. The fraction of sp³-hybridized carbons (Fsp3) is 0.300. The lowest BCUT2D eigenvalue weighted by molar-refractivity contribution is 0.0926. The molecule has 1 amide bonds. The van der Waals surface area contributed by atoms with E-state index in [1.165, 1.54) is 0 Å². The fourth-order valence-electron chi connectivity index (χ4n) is 3.40. The molecule has 1 aromatic carbocycles. The van der Waals surface area contributed by atoms with Crippen LogP contribution in [-0.2, 0) is 0 Å². The number of H-pyrrole nitrogens is 1. The molecule has 1 saturated heterocycles. The van der Waals surface area contributed by atoms with Gasteiger partial charge in [0.15, 0.2) is 0 Å². The zero-order chi connectivity index (χ0) is 18.1. The molecule has 3 heterocycles. The van der Waals surface area contributed by atoms with Crippen LogP contribution in [0.4, 0.5) is 5.82 Å². The van der Waals surface area contributed by atoms with E-state index in [9.17, 15) is 4.79 Å². The third kappa shape index (κ3) is 3.46. The highest BCUT2D eigenvalue weighted by molar-refractivity contribution is 9.10. The average molecular weight is 413 g/mol. The zero-order valence-electron chi connectivity index (χ0n) is 14.6. The molecule has 0 aliphatic carbocycles. The van der Waals surface area contributed by atoms with E-state index in [2.05, 4.69) is 49.3 Å². The molecule has 1 aliphatic heterocycles. The average Bonchev–Trinajstić information content (AvgIpc) is 3.01. The van der Waals surface area contributed by atoms with E-state index in [-0.39, 0.29) is 11.9 Å². The van der Waals surface area contributed by atoms with Crippen LogP contribution in [0.5, 0.6) is 0 Å². The van der Waals surface area contributed by atoms with Crippen LogP contribution in [0.1, 0.15) is 29.0 Å². The number of nitrogens with zero attached hydrogens (tertiary/aromatic N) is 2. The maximum Gasteiger partial charge on any atom is 0.267 e. The van der Waals surface area contributed by atoms with Crippen LogP contribution in [0.2, 0.25) is 0 Å². The minimum atomic E-state index is -0.0407. The molecule has 2 N–H and O–H groups in total. The summed E-state index contributed by atoms with van der Waals surface area (Å²) in [6.45, 7) is 3.73. The number of carbonyl (C=O) groups excluding carboxylic acids is 1. The highest BCUT2D eigenvalue weighted by Crippen LogP contribution is 2.22. The molecule has 0 bridgehead atoms. The van der Waals surface area contributed by atoms with Crippen molar-refractivity contribution in [2.45, 2.75) is 25.8 Å². The molecule has 0 spiro atoms. The fourth-order valence-corrected chi connectivity index (χ4v) is 3.73. The van der Waals surface area contributed by atoms with Crippen molar-refractivity contribution < 1.29 is 4.79 Å². The van der Waals surface area contributed by atoms with E-state index in [1.807, 2.05) is 31.2 Å². The lowest BCUT2D eigenvalue weighted by Gasteiger charge is -2.33. The van der Waals surface area contributed by atoms with Gasteiger partial charge in [-0.25, -0.2) is 4.98 Å². The lowest BCUT2D eigenvalue weighted by atomic mass is 10.0. The summed E-state index contributed by atoms with van der Waals surface area (Å²) in [5, 5.41) is 4.30. The molecule has 0 saturated carbocycles. The smallest absolute Gasteiger partial charge is 0.267 e. The number of piperidine rings is 1. The number of amides is 1. The number of anilines is 1. The van der Waals surface area contributed by atoms with E-state index < -0.39 is 0 Å². The number of para-hydroxylation sites is 1. The van der Waals surface area contributed by atoms with Crippen LogP contribution in [-0.4, -0.2) is 35.0 Å². The standard InChI is InChI=1S/C20H21BrN4O/c1-13-16(21)12-18(22-13)20(26)23-15-8-10-25(11-9-15)19-7-6-14-4-2-3-5-17(14)24-19/h2-7,12,15,22H,8-11H2,1H3,(H,23,26).